The smallest absolute Gasteiger partial charge is 0.240 e. The molecule has 0 fully saturated rings. The monoisotopic (exact) mass is 288 g/mol. The molecule has 1 atom stereocenters. The minimum Gasteiger partial charge on any atom is -0.480 e. The highest BCUT2D eigenvalue weighted by molar-refractivity contribution is 5.26. The lowest BCUT2D eigenvalue weighted by Gasteiger charge is -2.17. The number of aryl methyl sites for hydroxylation is 1. The fourth-order valence-corrected chi connectivity index (χ4v) is 2.13. The van der Waals surface area contributed by atoms with Crippen molar-refractivity contribution in [3.63, 3.8) is 0 Å². The van der Waals surface area contributed by atoms with Crippen LogP contribution < -0.4 is 14.8 Å². The number of pyridine rings is 1. The molecule has 6 nitrogen and oxygen atoms in total. The van der Waals surface area contributed by atoms with Crippen LogP contribution in [0.5, 0.6) is 11.8 Å². The number of hydrogen-bond donors (Lipinski definition) is 1. The predicted octanol–water partition coefficient (Wildman–Crippen LogP) is 1.78. The van der Waals surface area contributed by atoms with Gasteiger partial charge in [0.1, 0.15) is 5.69 Å². The van der Waals surface area contributed by atoms with Gasteiger partial charge < -0.3 is 14.8 Å². The number of hydrogen-bond acceptors (Lipinski definition) is 6. The molecule has 0 spiro atoms. The Hall–Kier alpha value is -2.21. The molecule has 0 aliphatic heterocycles. The van der Waals surface area contributed by atoms with Crippen LogP contribution in [0.4, 0.5) is 0 Å². The molecule has 21 heavy (non-hydrogen) atoms. The fourth-order valence-electron chi connectivity index (χ4n) is 2.13. The second kappa shape index (κ2) is 7.54. The molecule has 6 heteroatoms. The summed E-state index contributed by atoms with van der Waals surface area (Å²) in [4.78, 5) is 12.7. The van der Waals surface area contributed by atoms with Gasteiger partial charge in [0.25, 0.3) is 0 Å². The average Bonchev–Trinajstić information content (AvgIpc) is 2.56. The zero-order valence-corrected chi connectivity index (χ0v) is 12.5. The summed E-state index contributed by atoms with van der Waals surface area (Å²) in [7, 11) is 5.05. The van der Waals surface area contributed by atoms with Gasteiger partial charge in [-0.2, -0.15) is 4.98 Å². The van der Waals surface area contributed by atoms with Crippen LogP contribution in [0, 0.1) is 0 Å². The van der Waals surface area contributed by atoms with Gasteiger partial charge in [-0.25, -0.2) is 4.98 Å². The summed E-state index contributed by atoms with van der Waals surface area (Å²) in [5.41, 5.74) is 2.03. The SMILES string of the molecule is CNC(CCc1ccncc1)c1ncc(OC)nc1OC. The number of nitrogens with one attached hydrogen (secondary N) is 1. The largest absolute Gasteiger partial charge is 0.480 e. The Balaban J connectivity index is 2.13. The van der Waals surface area contributed by atoms with Crippen LogP contribution in [0.2, 0.25) is 0 Å². The first-order chi connectivity index (χ1) is 10.3. The number of ether oxygens (including phenoxy) is 2. The van der Waals surface area contributed by atoms with Crippen molar-refractivity contribution >= 4 is 0 Å². The fraction of sp³-hybridized carbons (Fsp3) is 0.400. The van der Waals surface area contributed by atoms with Crippen LogP contribution in [0.3, 0.4) is 0 Å². The molecule has 0 aliphatic carbocycles. The lowest BCUT2D eigenvalue weighted by atomic mass is 10.0. The minimum atomic E-state index is 0.0616. The number of aromatic nitrogens is 3. The Morgan fingerprint density at radius 2 is 1.95 bits per heavy atom. The van der Waals surface area contributed by atoms with E-state index in [2.05, 4.69) is 20.3 Å². The molecule has 0 radical (unpaired) electrons. The Kier molecular flexibility index (Phi) is 5.45. The van der Waals surface area contributed by atoms with E-state index >= 15 is 0 Å². The summed E-state index contributed by atoms with van der Waals surface area (Å²) in [6.45, 7) is 0. The van der Waals surface area contributed by atoms with Gasteiger partial charge in [0.15, 0.2) is 0 Å². The lowest BCUT2D eigenvalue weighted by molar-refractivity contribution is 0.349. The molecule has 0 saturated heterocycles. The zero-order chi connectivity index (χ0) is 15.1. The topological polar surface area (TPSA) is 69.2 Å². The van der Waals surface area contributed by atoms with E-state index in [0.29, 0.717) is 11.8 Å². The van der Waals surface area contributed by atoms with Crippen LogP contribution in [0.25, 0.3) is 0 Å². The van der Waals surface area contributed by atoms with E-state index in [4.69, 9.17) is 9.47 Å². The maximum absolute atomic E-state index is 5.32. The first-order valence-electron chi connectivity index (χ1n) is 6.79. The second-order valence-electron chi connectivity index (χ2n) is 4.54. The van der Waals surface area contributed by atoms with Crippen LogP contribution in [0.1, 0.15) is 23.7 Å². The van der Waals surface area contributed by atoms with Gasteiger partial charge in [-0.15, -0.1) is 0 Å². The summed E-state index contributed by atoms with van der Waals surface area (Å²) < 4.78 is 10.4. The third kappa shape index (κ3) is 3.88. The summed E-state index contributed by atoms with van der Waals surface area (Å²) in [6.07, 6.45) is 7.02. The third-order valence-corrected chi connectivity index (χ3v) is 3.30. The van der Waals surface area contributed by atoms with Crippen LogP contribution in [-0.2, 0) is 6.42 Å². The first kappa shape index (κ1) is 15.2. The number of methoxy groups -OCH3 is 2. The molecule has 0 bridgehead atoms. The Morgan fingerprint density at radius 1 is 1.19 bits per heavy atom. The van der Waals surface area contributed by atoms with Crippen LogP contribution in [-0.4, -0.2) is 36.2 Å². The molecular formula is C15H20N4O2. The molecule has 112 valence electrons. The van der Waals surface area contributed by atoms with Gasteiger partial charge in [-0.1, -0.05) is 0 Å². The second-order valence-corrected chi connectivity index (χ2v) is 4.54. The molecule has 2 aromatic heterocycles. The highest BCUT2D eigenvalue weighted by Crippen LogP contribution is 2.26. The van der Waals surface area contributed by atoms with Gasteiger partial charge in [0.05, 0.1) is 26.5 Å². The summed E-state index contributed by atoms with van der Waals surface area (Å²) in [6, 6.07) is 4.10. The van der Waals surface area contributed by atoms with E-state index in [9.17, 15) is 0 Å². The van der Waals surface area contributed by atoms with Crippen molar-refractivity contribution < 1.29 is 9.47 Å². The van der Waals surface area contributed by atoms with E-state index in [1.165, 1.54) is 5.56 Å². The summed E-state index contributed by atoms with van der Waals surface area (Å²) >= 11 is 0. The zero-order valence-electron chi connectivity index (χ0n) is 12.5. The first-order valence-corrected chi connectivity index (χ1v) is 6.79. The van der Waals surface area contributed by atoms with Gasteiger partial charge in [-0.3, -0.25) is 4.98 Å². The van der Waals surface area contributed by atoms with E-state index in [0.717, 1.165) is 18.5 Å². The number of nitrogens with zero attached hydrogens (tertiary/aromatic N) is 3. The molecular weight excluding hydrogens is 268 g/mol. The Labute approximate surface area is 124 Å². The van der Waals surface area contributed by atoms with Crippen LogP contribution in [0.15, 0.2) is 30.7 Å². The van der Waals surface area contributed by atoms with E-state index in [1.54, 1.807) is 32.8 Å². The van der Waals surface area contributed by atoms with Crippen molar-refractivity contribution in [1.29, 1.82) is 0 Å². The number of rotatable bonds is 7. The maximum atomic E-state index is 5.32. The van der Waals surface area contributed by atoms with Gasteiger partial charge >= 0.3 is 0 Å². The lowest BCUT2D eigenvalue weighted by Crippen LogP contribution is -2.20. The summed E-state index contributed by atoms with van der Waals surface area (Å²) in [5.74, 6) is 0.933. The molecule has 2 heterocycles. The molecule has 1 unspecified atom stereocenters. The molecule has 2 rings (SSSR count). The normalized spacial score (nSPS) is 12.0. The molecule has 2 aromatic rings. The van der Waals surface area contributed by atoms with Crippen molar-refractivity contribution in [2.45, 2.75) is 18.9 Å². The van der Waals surface area contributed by atoms with E-state index in [-0.39, 0.29) is 6.04 Å². The van der Waals surface area contributed by atoms with Crippen molar-refractivity contribution in [1.82, 2.24) is 20.3 Å². The molecule has 1 N–H and O–H groups in total. The van der Waals surface area contributed by atoms with Gasteiger partial charge in [0, 0.05) is 12.4 Å². The van der Waals surface area contributed by atoms with Gasteiger partial charge in [0.2, 0.25) is 11.8 Å². The Bertz CT molecular complexity index is 563. The van der Waals surface area contributed by atoms with Crippen molar-refractivity contribution in [2.24, 2.45) is 0 Å². The summed E-state index contributed by atoms with van der Waals surface area (Å²) in [5, 5.41) is 3.26. The van der Waals surface area contributed by atoms with Crippen LogP contribution >= 0.6 is 0 Å². The maximum Gasteiger partial charge on any atom is 0.240 e. The van der Waals surface area contributed by atoms with Crippen molar-refractivity contribution in [3.05, 3.63) is 42.0 Å². The van der Waals surface area contributed by atoms with Crippen molar-refractivity contribution in [2.75, 3.05) is 21.3 Å². The molecule has 0 aliphatic rings. The standard InChI is InChI=1S/C15H20N4O2/c1-16-12(5-4-11-6-8-17-9-7-11)14-15(21-3)19-13(20-2)10-18-14/h6-10,12,16H,4-5H2,1-3H3. The molecule has 0 aromatic carbocycles. The minimum absolute atomic E-state index is 0.0616. The third-order valence-electron chi connectivity index (χ3n) is 3.30. The highest BCUT2D eigenvalue weighted by Gasteiger charge is 2.18. The molecule has 0 saturated carbocycles. The average molecular weight is 288 g/mol. The predicted molar refractivity (Wildman–Crippen MR) is 79.5 cm³/mol. The highest BCUT2D eigenvalue weighted by atomic mass is 16.5. The van der Waals surface area contributed by atoms with Gasteiger partial charge in [-0.05, 0) is 37.6 Å². The quantitative estimate of drug-likeness (QED) is 0.837. The van der Waals surface area contributed by atoms with Crippen molar-refractivity contribution in [3.8, 4) is 11.8 Å². The van der Waals surface area contributed by atoms with E-state index in [1.807, 2.05) is 19.2 Å². The van der Waals surface area contributed by atoms with E-state index < -0.39 is 0 Å². The Morgan fingerprint density at radius 3 is 2.57 bits per heavy atom. The molecule has 0 amide bonds.